The summed E-state index contributed by atoms with van der Waals surface area (Å²) < 4.78 is 23.3. The van der Waals surface area contributed by atoms with E-state index in [1.807, 2.05) is 60.7 Å². The number of hydrogen-bond acceptors (Lipinski definition) is 3. The fraction of sp³-hybridized carbons (Fsp3) is 0.222. The lowest BCUT2D eigenvalue weighted by Crippen LogP contribution is -2.01. The molecule has 0 atom stereocenters. The van der Waals surface area contributed by atoms with Crippen molar-refractivity contribution in [3.63, 3.8) is 0 Å². The Morgan fingerprint density at radius 2 is 1.23 bits per heavy atom. The zero-order chi connectivity index (χ0) is 15.7. The molecule has 2 aromatic carbocycles. The van der Waals surface area contributed by atoms with Crippen molar-refractivity contribution in [3.05, 3.63) is 84.2 Å². The Morgan fingerprint density at radius 3 is 1.59 bits per heavy atom. The Morgan fingerprint density at radius 1 is 0.818 bits per heavy atom. The van der Waals surface area contributed by atoms with Crippen LogP contribution < -0.4 is 0 Å². The Kier molecular flexibility index (Phi) is 6.60. The third-order valence-electron chi connectivity index (χ3n) is 3.23. The molecule has 116 valence electrons. The molecule has 0 spiro atoms. The van der Waals surface area contributed by atoms with Crippen LogP contribution in [0.25, 0.3) is 0 Å². The van der Waals surface area contributed by atoms with E-state index in [-0.39, 0.29) is 0 Å². The lowest BCUT2D eigenvalue weighted by atomic mass is 10.2. The van der Waals surface area contributed by atoms with Crippen LogP contribution in [0.2, 0.25) is 0 Å². The van der Waals surface area contributed by atoms with Crippen molar-refractivity contribution >= 4 is 7.60 Å². The average Bonchev–Trinajstić information content (AvgIpc) is 2.57. The van der Waals surface area contributed by atoms with Crippen molar-refractivity contribution in [3.8, 4) is 0 Å². The highest BCUT2D eigenvalue weighted by molar-refractivity contribution is 7.57. The predicted octanol–water partition coefficient (Wildman–Crippen LogP) is 4.84. The van der Waals surface area contributed by atoms with Crippen LogP contribution in [0.5, 0.6) is 0 Å². The van der Waals surface area contributed by atoms with Gasteiger partial charge in [0.15, 0.2) is 0 Å². The summed E-state index contributed by atoms with van der Waals surface area (Å²) >= 11 is 0. The Balaban J connectivity index is 1.76. The second-order valence-corrected chi connectivity index (χ2v) is 6.82. The lowest BCUT2D eigenvalue weighted by Gasteiger charge is -2.15. The molecule has 0 saturated heterocycles. The van der Waals surface area contributed by atoms with Crippen LogP contribution in [0.4, 0.5) is 0 Å². The maximum Gasteiger partial charge on any atom is 0.353 e. The van der Waals surface area contributed by atoms with Gasteiger partial charge in [-0.3, -0.25) is 4.57 Å². The molecule has 0 aromatic heterocycles. The number of rotatable bonds is 9. The SMILES string of the molecule is C=CP(=O)(OCCc1ccccc1)OCCc1ccccc1. The number of hydrogen-bond donors (Lipinski definition) is 0. The summed E-state index contributed by atoms with van der Waals surface area (Å²) in [4.78, 5) is 0. The molecule has 0 heterocycles. The van der Waals surface area contributed by atoms with Gasteiger partial charge in [0.25, 0.3) is 0 Å². The standard InChI is InChI=1S/C18H21O3P/c1-2-22(19,20-15-13-17-9-5-3-6-10-17)21-16-14-18-11-7-4-8-12-18/h2-12H,1,13-16H2. The largest absolute Gasteiger partial charge is 0.353 e. The van der Waals surface area contributed by atoms with Crippen LogP contribution in [0.3, 0.4) is 0 Å². The van der Waals surface area contributed by atoms with Crippen molar-refractivity contribution in [1.29, 1.82) is 0 Å². The minimum absolute atomic E-state index is 0.346. The maximum absolute atomic E-state index is 12.4. The molecular weight excluding hydrogens is 295 g/mol. The molecule has 0 unspecified atom stereocenters. The van der Waals surface area contributed by atoms with Crippen LogP contribution in [-0.4, -0.2) is 13.2 Å². The second kappa shape index (κ2) is 8.70. The fourth-order valence-corrected chi connectivity index (χ4v) is 2.99. The third kappa shape index (κ3) is 5.61. The zero-order valence-electron chi connectivity index (χ0n) is 12.6. The van der Waals surface area contributed by atoms with Crippen molar-refractivity contribution in [2.24, 2.45) is 0 Å². The molecule has 2 aromatic rings. The van der Waals surface area contributed by atoms with Gasteiger partial charge in [-0.2, -0.15) is 0 Å². The molecule has 22 heavy (non-hydrogen) atoms. The summed E-state index contributed by atoms with van der Waals surface area (Å²) in [5.74, 6) is 1.28. The van der Waals surface area contributed by atoms with Gasteiger partial charge < -0.3 is 9.05 Å². The highest BCUT2D eigenvalue weighted by atomic mass is 31.2. The Bertz CT molecular complexity index is 561. The average molecular weight is 316 g/mol. The quantitative estimate of drug-likeness (QED) is 0.621. The first kappa shape index (κ1) is 16.7. The highest BCUT2D eigenvalue weighted by Crippen LogP contribution is 2.49. The molecule has 0 aliphatic heterocycles. The van der Waals surface area contributed by atoms with Gasteiger partial charge >= 0.3 is 7.60 Å². The van der Waals surface area contributed by atoms with Crippen molar-refractivity contribution in [2.45, 2.75) is 12.8 Å². The molecule has 0 amide bonds. The van der Waals surface area contributed by atoms with Gasteiger partial charge in [-0.1, -0.05) is 67.2 Å². The van der Waals surface area contributed by atoms with E-state index in [9.17, 15) is 4.57 Å². The molecule has 0 bridgehead atoms. The fourth-order valence-electron chi connectivity index (χ4n) is 2.01. The van der Waals surface area contributed by atoms with E-state index in [1.54, 1.807) is 0 Å². The second-order valence-electron chi connectivity index (χ2n) is 4.86. The topological polar surface area (TPSA) is 35.5 Å². The molecule has 0 radical (unpaired) electrons. The normalized spacial score (nSPS) is 11.3. The predicted molar refractivity (Wildman–Crippen MR) is 90.0 cm³/mol. The van der Waals surface area contributed by atoms with Crippen molar-refractivity contribution < 1.29 is 13.6 Å². The smallest absolute Gasteiger partial charge is 0.305 e. The molecule has 0 aliphatic rings. The van der Waals surface area contributed by atoms with E-state index < -0.39 is 7.60 Å². The zero-order valence-corrected chi connectivity index (χ0v) is 13.5. The Labute approximate surface area is 132 Å². The van der Waals surface area contributed by atoms with Gasteiger partial charge in [-0.05, 0) is 24.0 Å². The molecule has 2 rings (SSSR count). The first-order valence-electron chi connectivity index (χ1n) is 7.32. The van der Waals surface area contributed by atoms with E-state index in [0.29, 0.717) is 26.1 Å². The molecule has 3 nitrogen and oxygen atoms in total. The monoisotopic (exact) mass is 316 g/mol. The summed E-state index contributed by atoms with van der Waals surface area (Å²) in [6.07, 6.45) is 1.39. The Hall–Kier alpha value is -1.67. The van der Waals surface area contributed by atoms with Crippen LogP contribution in [0, 0.1) is 0 Å². The summed E-state index contributed by atoms with van der Waals surface area (Å²) in [7, 11) is -3.21. The van der Waals surface area contributed by atoms with E-state index >= 15 is 0 Å². The van der Waals surface area contributed by atoms with E-state index in [2.05, 4.69) is 6.58 Å². The van der Waals surface area contributed by atoms with E-state index in [1.165, 1.54) is 5.82 Å². The lowest BCUT2D eigenvalue weighted by molar-refractivity contribution is 0.216. The van der Waals surface area contributed by atoms with E-state index in [0.717, 1.165) is 11.1 Å². The molecular formula is C18H21O3P. The maximum atomic E-state index is 12.4. The van der Waals surface area contributed by atoms with Crippen LogP contribution in [0.1, 0.15) is 11.1 Å². The first-order valence-corrected chi connectivity index (χ1v) is 8.93. The minimum atomic E-state index is -3.21. The van der Waals surface area contributed by atoms with Gasteiger partial charge in [0.1, 0.15) is 0 Å². The third-order valence-corrected chi connectivity index (χ3v) is 4.77. The van der Waals surface area contributed by atoms with Gasteiger partial charge in [0.2, 0.25) is 0 Å². The van der Waals surface area contributed by atoms with Gasteiger partial charge in [0.05, 0.1) is 13.2 Å². The summed E-state index contributed by atoms with van der Waals surface area (Å²) in [5, 5.41) is 0. The molecule has 4 heteroatoms. The van der Waals surface area contributed by atoms with Crippen LogP contribution in [0.15, 0.2) is 73.1 Å². The van der Waals surface area contributed by atoms with Gasteiger partial charge in [-0.25, -0.2) is 0 Å². The number of benzene rings is 2. The summed E-state index contributed by atoms with van der Waals surface area (Å²) in [5.41, 5.74) is 2.28. The van der Waals surface area contributed by atoms with Crippen LogP contribution in [-0.2, 0) is 26.5 Å². The molecule has 0 saturated carbocycles. The van der Waals surface area contributed by atoms with E-state index in [4.69, 9.17) is 9.05 Å². The molecule has 0 N–H and O–H groups in total. The van der Waals surface area contributed by atoms with Crippen molar-refractivity contribution in [1.82, 2.24) is 0 Å². The molecule has 0 aliphatic carbocycles. The summed E-state index contributed by atoms with van der Waals surface area (Å²) in [6.45, 7) is 4.26. The van der Waals surface area contributed by atoms with Crippen molar-refractivity contribution in [2.75, 3.05) is 13.2 Å². The molecule has 0 fully saturated rings. The van der Waals surface area contributed by atoms with Gasteiger partial charge in [0, 0.05) is 5.82 Å². The van der Waals surface area contributed by atoms with Gasteiger partial charge in [-0.15, -0.1) is 0 Å². The summed E-state index contributed by atoms with van der Waals surface area (Å²) in [6, 6.07) is 19.9. The highest BCUT2D eigenvalue weighted by Gasteiger charge is 2.19. The minimum Gasteiger partial charge on any atom is -0.305 e. The first-order chi connectivity index (χ1) is 10.7. The van der Waals surface area contributed by atoms with Crippen LogP contribution >= 0.6 is 7.60 Å².